The zero-order chi connectivity index (χ0) is 22.5. The summed E-state index contributed by atoms with van der Waals surface area (Å²) in [5, 5.41) is 2.82. The zero-order valence-corrected chi connectivity index (χ0v) is 18.7. The average Bonchev–Trinajstić information content (AvgIpc) is 3.30. The summed E-state index contributed by atoms with van der Waals surface area (Å²) in [6.45, 7) is 7.34. The second kappa shape index (κ2) is 7.65. The van der Waals surface area contributed by atoms with Crippen molar-refractivity contribution in [3.8, 4) is 0 Å². The summed E-state index contributed by atoms with van der Waals surface area (Å²) in [5.74, 6) is -0.665. The number of carbonyl (C=O) groups excluding carboxylic acids is 2. The molecule has 0 radical (unpaired) electrons. The highest BCUT2D eigenvalue weighted by Gasteiger charge is 2.35. The van der Waals surface area contributed by atoms with Gasteiger partial charge in [0.05, 0.1) is 22.6 Å². The second-order valence-electron chi connectivity index (χ2n) is 7.99. The number of rotatable bonds is 5. The van der Waals surface area contributed by atoms with Crippen LogP contribution in [0.2, 0.25) is 0 Å². The van der Waals surface area contributed by atoms with Crippen LogP contribution in [0.1, 0.15) is 60.1 Å². The number of aryl methyl sites for hydroxylation is 1. The van der Waals surface area contributed by atoms with Gasteiger partial charge in [0, 0.05) is 28.7 Å². The van der Waals surface area contributed by atoms with Crippen LogP contribution in [0.15, 0.2) is 23.1 Å². The summed E-state index contributed by atoms with van der Waals surface area (Å²) in [4.78, 5) is 28.6. The standard InChI is InChI=1S/C22H25N3O5S/c1-5-30-22(27)18-12(4)23-20-14(18)7-8-15(20)19-16-10-13(31(28,29)25-11(2)3)6-9-17(16)24-21(19)26/h6,9-11,23,25H,5,7-8H2,1-4H3,(H,24,26)/b19-15-. The number of aromatic amines is 1. The first-order chi connectivity index (χ1) is 14.6. The fraction of sp³-hybridized carbons (Fsp3) is 0.364. The minimum absolute atomic E-state index is 0.0997. The number of amides is 1. The Balaban J connectivity index is 1.84. The van der Waals surface area contributed by atoms with Crippen LogP contribution in [-0.2, 0) is 26.0 Å². The highest BCUT2D eigenvalue weighted by molar-refractivity contribution is 7.89. The number of carbonyl (C=O) groups is 2. The third-order valence-electron chi connectivity index (χ3n) is 5.44. The number of anilines is 1. The number of allylic oxidation sites excluding steroid dienone is 1. The molecule has 1 aromatic carbocycles. The van der Waals surface area contributed by atoms with Gasteiger partial charge in [0.1, 0.15) is 0 Å². The summed E-state index contributed by atoms with van der Waals surface area (Å²) in [6, 6.07) is 4.36. The van der Waals surface area contributed by atoms with Crippen molar-refractivity contribution in [2.45, 2.75) is 51.5 Å². The summed E-state index contributed by atoms with van der Waals surface area (Å²) >= 11 is 0. The number of hydrogen-bond donors (Lipinski definition) is 3. The second-order valence-corrected chi connectivity index (χ2v) is 9.70. The number of fused-ring (bicyclic) bond motifs is 2. The van der Waals surface area contributed by atoms with E-state index in [0.29, 0.717) is 40.9 Å². The topological polar surface area (TPSA) is 117 Å². The molecule has 0 spiro atoms. The normalized spacial score (nSPS) is 17.6. The largest absolute Gasteiger partial charge is 0.462 e. The molecule has 8 nitrogen and oxygen atoms in total. The molecule has 3 N–H and O–H groups in total. The Kier molecular flexibility index (Phi) is 5.26. The van der Waals surface area contributed by atoms with Crippen molar-refractivity contribution in [1.29, 1.82) is 0 Å². The Morgan fingerprint density at radius 1 is 1.26 bits per heavy atom. The quantitative estimate of drug-likeness (QED) is 0.485. The molecule has 0 atom stereocenters. The van der Waals surface area contributed by atoms with Gasteiger partial charge in [-0.3, -0.25) is 4.79 Å². The van der Waals surface area contributed by atoms with Gasteiger partial charge in [-0.1, -0.05) is 0 Å². The van der Waals surface area contributed by atoms with Gasteiger partial charge in [0.25, 0.3) is 5.91 Å². The van der Waals surface area contributed by atoms with Gasteiger partial charge in [-0.25, -0.2) is 17.9 Å². The molecule has 0 saturated carbocycles. The molecule has 1 aliphatic carbocycles. The lowest BCUT2D eigenvalue weighted by Crippen LogP contribution is -2.30. The van der Waals surface area contributed by atoms with E-state index in [0.717, 1.165) is 16.8 Å². The van der Waals surface area contributed by atoms with Crippen molar-refractivity contribution in [2.24, 2.45) is 0 Å². The van der Waals surface area contributed by atoms with Crippen LogP contribution >= 0.6 is 0 Å². The molecule has 31 heavy (non-hydrogen) atoms. The van der Waals surface area contributed by atoms with Crippen LogP contribution in [0, 0.1) is 6.92 Å². The predicted molar refractivity (Wildman–Crippen MR) is 117 cm³/mol. The molecular formula is C22H25N3O5S. The van der Waals surface area contributed by atoms with Gasteiger partial charge in [0.2, 0.25) is 10.0 Å². The Morgan fingerprint density at radius 3 is 2.68 bits per heavy atom. The molecule has 4 rings (SSSR count). The van der Waals surface area contributed by atoms with E-state index >= 15 is 0 Å². The van der Waals surface area contributed by atoms with E-state index in [1.807, 2.05) is 0 Å². The maximum absolute atomic E-state index is 12.9. The van der Waals surface area contributed by atoms with Crippen molar-refractivity contribution >= 4 is 38.7 Å². The minimum atomic E-state index is -3.71. The maximum atomic E-state index is 12.9. The smallest absolute Gasteiger partial charge is 0.340 e. The monoisotopic (exact) mass is 443 g/mol. The molecule has 2 heterocycles. The van der Waals surface area contributed by atoms with Crippen molar-refractivity contribution in [1.82, 2.24) is 9.71 Å². The van der Waals surface area contributed by atoms with Gasteiger partial charge in [-0.15, -0.1) is 0 Å². The molecule has 2 aromatic rings. The first-order valence-electron chi connectivity index (χ1n) is 10.2. The molecule has 0 fully saturated rings. The van der Waals surface area contributed by atoms with E-state index in [2.05, 4.69) is 15.0 Å². The van der Waals surface area contributed by atoms with Crippen LogP contribution in [0.25, 0.3) is 11.1 Å². The van der Waals surface area contributed by atoms with Gasteiger partial charge in [0.15, 0.2) is 0 Å². The minimum Gasteiger partial charge on any atom is -0.462 e. The first kappa shape index (κ1) is 21.3. The van der Waals surface area contributed by atoms with Gasteiger partial charge in [-0.2, -0.15) is 0 Å². The van der Waals surface area contributed by atoms with E-state index < -0.39 is 10.0 Å². The molecule has 164 valence electrons. The zero-order valence-electron chi connectivity index (χ0n) is 17.9. The van der Waals surface area contributed by atoms with Gasteiger partial charge >= 0.3 is 5.97 Å². The van der Waals surface area contributed by atoms with Crippen LogP contribution < -0.4 is 10.0 Å². The fourth-order valence-electron chi connectivity index (χ4n) is 4.28. The summed E-state index contributed by atoms with van der Waals surface area (Å²) in [6.07, 6.45) is 1.17. The van der Waals surface area contributed by atoms with Gasteiger partial charge < -0.3 is 15.0 Å². The fourth-order valence-corrected chi connectivity index (χ4v) is 5.56. The SMILES string of the molecule is CCOC(=O)c1c(C)[nH]c2c1CC/C2=C1/C(=O)Nc2ccc(S(=O)(=O)NC(C)C)cc21. The summed E-state index contributed by atoms with van der Waals surface area (Å²) in [7, 11) is -3.71. The van der Waals surface area contributed by atoms with E-state index in [9.17, 15) is 18.0 Å². The molecule has 0 bridgehead atoms. The van der Waals surface area contributed by atoms with E-state index in [-0.39, 0.29) is 29.4 Å². The highest BCUT2D eigenvalue weighted by atomic mass is 32.2. The van der Waals surface area contributed by atoms with Crippen LogP contribution in [0.5, 0.6) is 0 Å². The average molecular weight is 444 g/mol. The summed E-state index contributed by atoms with van der Waals surface area (Å²) in [5.41, 5.74) is 5.11. The maximum Gasteiger partial charge on any atom is 0.340 e. The number of hydrogen-bond acceptors (Lipinski definition) is 5. The number of aromatic nitrogens is 1. The predicted octanol–water partition coefficient (Wildman–Crippen LogP) is 3.00. The van der Waals surface area contributed by atoms with Crippen molar-refractivity contribution in [3.05, 3.63) is 46.3 Å². The van der Waals surface area contributed by atoms with Crippen LogP contribution in [0.4, 0.5) is 5.69 Å². The van der Waals surface area contributed by atoms with E-state index in [1.54, 1.807) is 33.8 Å². The summed E-state index contributed by atoms with van der Waals surface area (Å²) < 4.78 is 33.0. The molecule has 1 aliphatic heterocycles. The number of esters is 1. The third kappa shape index (κ3) is 3.57. The first-order valence-corrected chi connectivity index (χ1v) is 11.7. The van der Waals surface area contributed by atoms with E-state index in [4.69, 9.17) is 4.74 Å². The number of nitrogens with one attached hydrogen (secondary N) is 3. The van der Waals surface area contributed by atoms with Crippen molar-refractivity contribution < 1.29 is 22.7 Å². The molecular weight excluding hydrogens is 418 g/mol. The molecule has 9 heteroatoms. The third-order valence-corrected chi connectivity index (χ3v) is 7.09. The Bertz CT molecular complexity index is 1240. The molecule has 0 saturated heterocycles. The van der Waals surface area contributed by atoms with E-state index in [1.165, 1.54) is 12.1 Å². The lowest BCUT2D eigenvalue weighted by molar-refractivity contribution is -0.110. The number of ether oxygens (including phenoxy) is 1. The van der Waals surface area contributed by atoms with Crippen molar-refractivity contribution in [2.75, 3.05) is 11.9 Å². The number of benzene rings is 1. The number of H-pyrrole nitrogens is 1. The molecule has 1 aromatic heterocycles. The van der Waals surface area contributed by atoms with Gasteiger partial charge in [-0.05, 0) is 69.9 Å². The van der Waals surface area contributed by atoms with Crippen LogP contribution in [-0.4, -0.2) is 37.9 Å². The van der Waals surface area contributed by atoms with Crippen LogP contribution in [0.3, 0.4) is 0 Å². The number of sulfonamides is 1. The highest BCUT2D eigenvalue weighted by Crippen LogP contribution is 2.44. The Labute approximate surface area is 181 Å². The molecule has 1 amide bonds. The molecule has 2 aliphatic rings. The Hall–Kier alpha value is -2.91. The van der Waals surface area contributed by atoms with Crippen molar-refractivity contribution in [3.63, 3.8) is 0 Å². The molecule has 0 unspecified atom stereocenters. The Morgan fingerprint density at radius 2 is 2.00 bits per heavy atom. The lowest BCUT2D eigenvalue weighted by Gasteiger charge is -2.11. The lowest BCUT2D eigenvalue weighted by atomic mass is 9.99.